The fraction of sp³-hybridized carbons (Fsp3) is 0.650. The van der Waals surface area contributed by atoms with Gasteiger partial charge < -0.3 is 15.0 Å². The number of ether oxygens (including phenoxy) is 1. The average Bonchev–Trinajstić information content (AvgIpc) is 3.34. The summed E-state index contributed by atoms with van der Waals surface area (Å²) < 4.78 is 7.49. The summed E-state index contributed by atoms with van der Waals surface area (Å²) >= 11 is 1.67. The van der Waals surface area contributed by atoms with E-state index in [0.29, 0.717) is 44.0 Å². The molecule has 28 heavy (non-hydrogen) atoms. The number of morpholine rings is 1. The first-order valence-electron chi connectivity index (χ1n) is 10.2. The predicted octanol–water partition coefficient (Wildman–Crippen LogP) is 2.12. The van der Waals surface area contributed by atoms with Crippen molar-refractivity contribution in [3.8, 4) is 0 Å². The van der Waals surface area contributed by atoms with Crippen LogP contribution < -0.4 is 5.32 Å². The van der Waals surface area contributed by atoms with Crippen LogP contribution in [0.15, 0.2) is 11.6 Å². The fourth-order valence-corrected chi connectivity index (χ4v) is 4.59. The number of nitrogens with one attached hydrogen (secondary N) is 1. The number of amides is 1. The molecule has 1 aliphatic carbocycles. The maximum absolute atomic E-state index is 13.2. The Morgan fingerprint density at radius 3 is 2.93 bits per heavy atom. The fourth-order valence-electron chi connectivity index (χ4n) is 4.02. The number of carbonyl (C=O) groups excluding carboxylic acids is 1. The van der Waals surface area contributed by atoms with Crippen molar-refractivity contribution >= 4 is 17.2 Å². The Morgan fingerprint density at radius 2 is 2.21 bits per heavy atom. The molecule has 0 bridgehead atoms. The summed E-state index contributed by atoms with van der Waals surface area (Å²) in [7, 11) is 0. The molecule has 2 aliphatic rings. The molecule has 1 atom stereocenters. The number of aromatic nitrogens is 3. The Balaban J connectivity index is 1.54. The maximum Gasteiger partial charge on any atom is 0.274 e. The van der Waals surface area contributed by atoms with E-state index < -0.39 is 0 Å². The van der Waals surface area contributed by atoms with Gasteiger partial charge in [-0.1, -0.05) is 13.8 Å². The molecule has 1 aliphatic heterocycles. The SMILES string of the molecule is CC(C)Cn1nc(C(=O)N2CCOCC2)c2c1CCC(NCc1nccs1)C2. The van der Waals surface area contributed by atoms with E-state index in [1.54, 1.807) is 11.3 Å². The van der Waals surface area contributed by atoms with Crippen LogP contribution in [0.1, 0.15) is 47.0 Å². The summed E-state index contributed by atoms with van der Waals surface area (Å²) in [6, 6.07) is 0.351. The standard InChI is InChI=1S/C20H29N5O2S/c1-14(2)13-25-17-4-3-15(22-12-18-21-5-10-28-18)11-16(17)19(23-25)20(26)24-6-8-27-9-7-24/h5,10,14-15,22H,3-4,6-9,11-13H2,1-2H3. The van der Waals surface area contributed by atoms with Crippen LogP contribution in [0.2, 0.25) is 0 Å². The Hall–Kier alpha value is -1.77. The molecule has 0 aromatic carbocycles. The number of rotatable bonds is 6. The maximum atomic E-state index is 13.2. The Morgan fingerprint density at radius 1 is 1.39 bits per heavy atom. The third kappa shape index (κ3) is 4.29. The van der Waals surface area contributed by atoms with Gasteiger partial charge in [0.1, 0.15) is 5.01 Å². The zero-order valence-corrected chi connectivity index (χ0v) is 17.5. The summed E-state index contributed by atoms with van der Waals surface area (Å²) in [5, 5.41) is 11.5. The van der Waals surface area contributed by atoms with Gasteiger partial charge in [-0.05, 0) is 25.2 Å². The van der Waals surface area contributed by atoms with Gasteiger partial charge in [-0.25, -0.2) is 4.98 Å². The monoisotopic (exact) mass is 403 g/mol. The second-order valence-electron chi connectivity index (χ2n) is 8.00. The number of nitrogens with zero attached hydrogens (tertiary/aromatic N) is 4. The molecule has 1 N–H and O–H groups in total. The minimum Gasteiger partial charge on any atom is -0.378 e. The predicted molar refractivity (Wildman–Crippen MR) is 109 cm³/mol. The molecule has 3 heterocycles. The Labute approximate surface area is 170 Å². The largest absolute Gasteiger partial charge is 0.378 e. The van der Waals surface area contributed by atoms with E-state index in [1.165, 1.54) is 5.69 Å². The second kappa shape index (κ2) is 8.71. The van der Waals surface area contributed by atoms with E-state index in [-0.39, 0.29) is 5.91 Å². The highest BCUT2D eigenvalue weighted by Gasteiger charge is 2.31. The van der Waals surface area contributed by atoms with E-state index in [2.05, 4.69) is 28.8 Å². The molecule has 4 rings (SSSR count). The summed E-state index contributed by atoms with van der Waals surface area (Å²) in [4.78, 5) is 19.4. The molecule has 1 saturated heterocycles. The normalized spacial score (nSPS) is 19.8. The number of fused-ring (bicyclic) bond motifs is 1. The molecule has 152 valence electrons. The van der Waals surface area contributed by atoms with Crippen LogP contribution in [0.5, 0.6) is 0 Å². The van der Waals surface area contributed by atoms with Gasteiger partial charge in [-0.15, -0.1) is 11.3 Å². The van der Waals surface area contributed by atoms with Crippen LogP contribution in [-0.2, 0) is 30.7 Å². The van der Waals surface area contributed by atoms with Gasteiger partial charge in [0.25, 0.3) is 5.91 Å². The van der Waals surface area contributed by atoms with Crippen molar-refractivity contribution in [2.75, 3.05) is 26.3 Å². The van der Waals surface area contributed by atoms with Crippen LogP contribution in [0.25, 0.3) is 0 Å². The molecule has 0 spiro atoms. The summed E-state index contributed by atoms with van der Waals surface area (Å²) in [6.45, 7) is 8.54. The lowest BCUT2D eigenvalue weighted by molar-refractivity contribution is 0.0297. The van der Waals surface area contributed by atoms with Crippen molar-refractivity contribution in [2.45, 2.75) is 52.2 Å². The molecule has 0 saturated carbocycles. The molecule has 7 nitrogen and oxygen atoms in total. The van der Waals surface area contributed by atoms with Crippen LogP contribution >= 0.6 is 11.3 Å². The van der Waals surface area contributed by atoms with E-state index >= 15 is 0 Å². The van der Waals surface area contributed by atoms with E-state index in [4.69, 9.17) is 9.84 Å². The first kappa shape index (κ1) is 19.5. The molecule has 2 aromatic rings. The average molecular weight is 404 g/mol. The Bertz CT molecular complexity index is 796. The lowest BCUT2D eigenvalue weighted by atomic mass is 9.91. The number of hydrogen-bond acceptors (Lipinski definition) is 6. The molecular weight excluding hydrogens is 374 g/mol. The van der Waals surface area contributed by atoms with E-state index in [0.717, 1.165) is 42.9 Å². The number of hydrogen-bond donors (Lipinski definition) is 1. The van der Waals surface area contributed by atoms with E-state index in [1.807, 2.05) is 16.5 Å². The van der Waals surface area contributed by atoms with Crippen LogP contribution in [-0.4, -0.2) is 57.9 Å². The van der Waals surface area contributed by atoms with E-state index in [9.17, 15) is 4.79 Å². The van der Waals surface area contributed by atoms with Crippen molar-refractivity contribution in [1.29, 1.82) is 0 Å². The minimum absolute atomic E-state index is 0.0580. The summed E-state index contributed by atoms with van der Waals surface area (Å²) in [6.07, 6.45) is 4.72. The topological polar surface area (TPSA) is 72.3 Å². The minimum atomic E-state index is 0.0580. The lowest BCUT2D eigenvalue weighted by Gasteiger charge is -2.27. The van der Waals surface area contributed by atoms with Crippen molar-refractivity contribution in [3.63, 3.8) is 0 Å². The van der Waals surface area contributed by atoms with Crippen molar-refractivity contribution in [2.24, 2.45) is 5.92 Å². The third-order valence-electron chi connectivity index (χ3n) is 5.41. The third-order valence-corrected chi connectivity index (χ3v) is 6.19. The summed E-state index contributed by atoms with van der Waals surface area (Å²) in [5.74, 6) is 0.554. The molecular formula is C20H29N5O2S. The van der Waals surface area contributed by atoms with Gasteiger partial charge in [-0.2, -0.15) is 5.10 Å². The molecule has 8 heteroatoms. The van der Waals surface area contributed by atoms with Crippen LogP contribution in [0.3, 0.4) is 0 Å². The highest BCUT2D eigenvalue weighted by atomic mass is 32.1. The molecule has 0 radical (unpaired) electrons. The van der Waals surface area contributed by atoms with Gasteiger partial charge in [0.05, 0.1) is 13.2 Å². The summed E-state index contributed by atoms with van der Waals surface area (Å²) in [5.41, 5.74) is 3.04. The van der Waals surface area contributed by atoms with Crippen molar-refractivity contribution in [1.82, 2.24) is 25.0 Å². The van der Waals surface area contributed by atoms with Gasteiger partial charge in [0.2, 0.25) is 0 Å². The zero-order valence-electron chi connectivity index (χ0n) is 16.7. The first-order chi connectivity index (χ1) is 13.6. The van der Waals surface area contributed by atoms with Gasteiger partial charge in [0, 0.05) is 55.1 Å². The van der Waals surface area contributed by atoms with Crippen molar-refractivity contribution in [3.05, 3.63) is 33.5 Å². The Kier molecular flexibility index (Phi) is 6.08. The van der Waals surface area contributed by atoms with Crippen LogP contribution in [0, 0.1) is 5.92 Å². The number of carbonyl (C=O) groups is 1. The van der Waals surface area contributed by atoms with Crippen LogP contribution in [0.4, 0.5) is 0 Å². The van der Waals surface area contributed by atoms with Gasteiger partial charge in [-0.3, -0.25) is 9.48 Å². The zero-order chi connectivity index (χ0) is 19.5. The van der Waals surface area contributed by atoms with Crippen molar-refractivity contribution < 1.29 is 9.53 Å². The quantitative estimate of drug-likeness (QED) is 0.800. The first-order valence-corrected chi connectivity index (χ1v) is 11.1. The van der Waals surface area contributed by atoms with Gasteiger partial charge >= 0.3 is 0 Å². The number of thiazole rings is 1. The second-order valence-corrected chi connectivity index (χ2v) is 8.98. The molecule has 2 aromatic heterocycles. The smallest absolute Gasteiger partial charge is 0.274 e. The molecule has 1 fully saturated rings. The highest BCUT2D eigenvalue weighted by Crippen LogP contribution is 2.27. The van der Waals surface area contributed by atoms with Gasteiger partial charge in [0.15, 0.2) is 5.69 Å². The highest BCUT2D eigenvalue weighted by molar-refractivity contribution is 7.09. The lowest BCUT2D eigenvalue weighted by Crippen LogP contribution is -2.41. The molecule has 1 amide bonds. The molecule has 1 unspecified atom stereocenters.